The number of carbonyl (C=O) groups is 2. The zero-order chi connectivity index (χ0) is 21.3. The Kier molecular flexibility index (Phi) is 5.59. The molecule has 0 fully saturated rings. The second-order valence-electron chi connectivity index (χ2n) is 8.52. The SMILES string of the molecule is CCCCC1(CCCC)c2ccccc2-c2cc3c(cc21)C/C(=N/OC(C)=O)C3=O. The summed E-state index contributed by atoms with van der Waals surface area (Å²) in [5.41, 5.74) is 7.19. The molecule has 4 heteroatoms. The Morgan fingerprint density at radius 3 is 2.37 bits per heavy atom. The Bertz CT molecular complexity index is 1030. The van der Waals surface area contributed by atoms with Crippen molar-refractivity contribution >= 4 is 17.5 Å². The molecule has 0 heterocycles. The van der Waals surface area contributed by atoms with Gasteiger partial charge in [0, 0.05) is 24.3 Å². The summed E-state index contributed by atoms with van der Waals surface area (Å²) in [6.07, 6.45) is 7.33. The number of benzene rings is 2. The van der Waals surface area contributed by atoms with Crippen LogP contribution in [0.25, 0.3) is 11.1 Å². The summed E-state index contributed by atoms with van der Waals surface area (Å²) in [5.74, 6) is -0.646. The van der Waals surface area contributed by atoms with Gasteiger partial charge >= 0.3 is 5.97 Å². The minimum Gasteiger partial charge on any atom is -0.318 e. The first-order valence-corrected chi connectivity index (χ1v) is 11.1. The molecule has 4 rings (SSSR count). The Morgan fingerprint density at radius 2 is 1.70 bits per heavy atom. The Morgan fingerprint density at radius 1 is 1.00 bits per heavy atom. The number of nitrogens with zero attached hydrogens (tertiary/aromatic N) is 1. The number of hydrogen-bond acceptors (Lipinski definition) is 4. The zero-order valence-corrected chi connectivity index (χ0v) is 18.1. The molecule has 0 saturated heterocycles. The van der Waals surface area contributed by atoms with Gasteiger partial charge in [-0.2, -0.15) is 0 Å². The largest absolute Gasteiger partial charge is 0.331 e. The van der Waals surface area contributed by atoms with Crippen molar-refractivity contribution in [3.05, 3.63) is 58.7 Å². The highest BCUT2D eigenvalue weighted by Crippen LogP contribution is 2.55. The molecule has 2 aromatic rings. The molecular formula is C26H29NO3. The van der Waals surface area contributed by atoms with Crippen molar-refractivity contribution in [2.45, 2.75) is 71.1 Å². The summed E-state index contributed by atoms with van der Waals surface area (Å²) >= 11 is 0. The third-order valence-corrected chi connectivity index (χ3v) is 6.55. The van der Waals surface area contributed by atoms with E-state index in [-0.39, 0.29) is 11.2 Å². The first-order valence-electron chi connectivity index (χ1n) is 11.1. The fraction of sp³-hybridized carbons (Fsp3) is 0.423. The highest BCUT2D eigenvalue weighted by molar-refractivity contribution is 6.49. The molecule has 2 aliphatic rings. The van der Waals surface area contributed by atoms with E-state index in [0.29, 0.717) is 17.7 Å². The molecule has 30 heavy (non-hydrogen) atoms. The lowest BCUT2D eigenvalue weighted by atomic mass is 9.70. The van der Waals surface area contributed by atoms with Gasteiger partial charge in [-0.3, -0.25) is 4.79 Å². The van der Waals surface area contributed by atoms with Gasteiger partial charge in [0.1, 0.15) is 5.71 Å². The maximum atomic E-state index is 12.9. The highest BCUT2D eigenvalue weighted by Gasteiger charge is 2.43. The Balaban J connectivity index is 1.86. The first kappa shape index (κ1) is 20.5. The maximum Gasteiger partial charge on any atom is 0.331 e. The van der Waals surface area contributed by atoms with Gasteiger partial charge in [-0.05, 0) is 46.7 Å². The molecule has 0 amide bonds. The molecule has 0 atom stereocenters. The minimum atomic E-state index is -0.513. The predicted molar refractivity (Wildman–Crippen MR) is 119 cm³/mol. The van der Waals surface area contributed by atoms with Crippen LogP contribution in [-0.2, 0) is 21.5 Å². The molecule has 4 nitrogen and oxygen atoms in total. The molecule has 0 bridgehead atoms. The van der Waals surface area contributed by atoms with Crippen LogP contribution in [0.2, 0.25) is 0 Å². The van der Waals surface area contributed by atoms with E-state index in [2.05, 4.69) is 55.4 Å². The van der Waals surface area contributed by atoms with Crippen LogP contribution in [0.15, 0.2) is 41.6 Å². The van der Waals surface area contributed by atoms with E-state index in [1.807, 2.05) is 0 Å². The summed E-state index contributed by atoms with van der Waals surface area (Å²) in [6.45, 7) is 5.78. The van der Waals surface area contributed by atoms with Crippen LogP contribution in [0.5, 0.6) is 0 Å². The zero-order valence-electron chi connectivity index (χ0n) is 18.1. The molecule has 2 aromatic carbocycles. The number of ketones is 1. The molecule has 0 aliphatic heterocycles. The van der Waals surface area contributed by atoms with Gasteiger partial charge in [0.15, 0.2) is 0 Å². The van der Waals surface area contributed by atoms with Crippen LogP contribution < -0.4 is 0 Å². The van der Waals surface area contributed by atoms with Crippen molar-refractivity contribution in [3.8, 4) is 11.1 Å². The van der Waals surface area contributed by atoms with Crippen LogP contribution in [0.3, 0.4) is 0 Å². The van der Waals surface area contributed by atoms with Crippen molar-refractivity contribution < 1.29 is 14.4 Å². The highest BCUT2D eigenvalue weighted by atomic mass is 16.7. The third kappa shape index (κ3) is 3.28. The topological polar surface area (TPSA) is 55.7 Å². The molecule has 0 aromatic heterocycles. The molecule has 0 unspecified atom stereocenters. The number of rotatable bonds is 7. The molecule has 0 spiro atoms. The predicted octanol–water partition coefficient (Wildman–Crippen LogP) is 5.99. The van der Waals surface area contributed by atoms with E-state index < -0.39 is 5.97 Å². The van der Waals surface area contributed by atoms with Gasteiger partial charge in [-0.1, -0.05) is 75.0 Å². The number of carbonyl (C=O) groups excluding carboxylic acids is 2. The van der Waals surface area contributed by atoms with Crippen LogP contribution >= 0.6 is 0 Å². The van der Waals surface area contributed by atoms with Gasteiger partial charge < -0.3 is 4.84 Å². The van der Waals surface area contributed by atoms with Crippen molar-refractivity contribution in [1.29, 1.82) is 0 Å². The van der Waals surface area contributed by atoms with Crippen LogP contribution in [0, 0.1) is 0 Å². The summed E-state index contributed by atoms with van der Waals surface area (Å²) < 4.78 is 0. The van der Waals surface area contributed by atoms with E-state index in [1.54, 1.807) is 0 Å². The fourth-order valence-corrected chi connectivity index (χ4v) is 5.13. The van der Waals surface area contributed by atoms with E-state index in [4.69, 9.17) is 4.84 Å². The number of unbranched alkanes of at least 4 members (excludes halogenated alkanes) is 2. The number of Topliss-reactive ketones (excluding diaryl/α,β-unsaturated/α-hetero) is 1. The van der Waals surface area contributed by atoms with Crippen molar-refractivity contribution in [2.24, 2.45) is 5.16 Å². The lowest BCUT2D eigenvalue weighted by Gasteiger charge is -2.33. The van der Waals surface area contributed by atoms with E-state index in [9.17, 15) is 9.59 Å². The Hall–Kier alpha value is -2.75. The number of fused-ring (bicyclic) bond motifs is 4. The monoisotopic (exact) mass is 403 g/mol. The average molecular weight is 404 g/mol. The molecule has 0 radical (unpaired) electrons. The standard InChI is InChI=1S/C26H29NO3/c1-4-6-12-26(13-7-5-2)22-11-9-8-10-19(22)21-16-20-18(14-23(21)26)15-24(25(20)29)27-30-17(3)28/h8-11,14,16H,4-7,12-13,15H2,1-3H3/b27-24-. The van der Waals surface area contributed by atoms with E-state index in [1.165, 1.54) is 42.0 Å². The molecule has 156 valence electrons. The van der Waals surface area contributed by atoms with Gasteiger partial charge in [0.2, 0.25) is 5.78 Å². The van der Waals surface area contributed by atoms with E-state index in [0.717, 1.165) is 31.2 Å². The fourth-order valence-electron chi connectivity index (χ4n) is 5.13. The van der Waals surface area contributed by atoms with Gasteiger partial charge in [-0.15, -0.1) is 0 Å². The maximum absolute atomic E-state index is 12.9. The summed E-state index contributed by atoms with van der Waals surface area (Å²) in [7, 11) is 0. The molecular weight excluding hydrogens is 374 g/mol. The van der Waals surface area contributed by atoms with Crippen LogP contribution in [-0.4, -0.2) is 17.5 Å². The van der Waals surface area contributed by atoms with Gasteiger partial charge in [-0.25, -0.2) is 4.79 Å². The summed E-state index contributed by atoms with van der Waals surface area (Å²) in [6, 6.07) is 13.0. The lowest BCUT2D eigenvalue weighted by molar-refractivity contribution is -0.140. The van der Waals surface area contributed by atoms with Gasteiger partial charge in [0.05, 0.1) is 0 Å². The van der Waals surface area contributed by atoms with Crippen LogP contribution in [0.1, 0.15) is 86.3 Å². The van der Waals surface area contributed by atoms with Gasteiger partial charge in [0.25, 0.3) is 0 Å². The average Bonchev–Trinajstić information content (AvgIpc) is 3.20. The summed E-state index contributed by atoms with van der Waals surface area (Å²) in [5, 5.41) is 3.82. The quantitative estimate of drug-likeness (QED) is 0.421. The van der Waals surface area contributed by atoms with Crippen molar-refractivity contribution in [1.82, 2.24) is 0 Å². The number of hydrogen-bond donors (Lipinski definition) is 0. The van der Waals surface area contributed by atoms with Crippen molar-refractivity contribution in [2.75, 3.05) is 0 Å². The molecule has 0 saturated carbocycles. The van der Waals surface area contributed by atoms with Crippen molar-refractivity contribution in [3.63, 3.8) is 0 Å². The normalized spacial score (nSPS) is 17.0. The molecule has 2 aliphatic carbocycles. The summed E-state index contributed by atoms with van der Waals surface area (Å²) in [4.78, 5) is 28.8. The smallest absolute Gasteiger partial charge is 0.318 e. The third-order valence-electron chi connectivity index (χ3n) is 6.55. The number of oxime groups is 1. The second-order valence-corrected chi connectivity index (χ2v) is 8.52. The van der Waals surface area contributed by atoms with E-state index >= 15 is 0 Å². The second kappa shape index (κ2) is 8.17. The Labute approximate surface area is 178 Å². The lowest BCUT2D eigenvalue weighted by Crippen LogP contribution is -2.25. The first-order chi connectivity index (χ1) is 14.5. The minimum absolute atomic E-state index is 0.00576. The van der Waals surface area contributed by atoms with Crippen LogP contribution in [0.4, 0.5) is 0 Å². The molecule has 0 N–H and O–H groups in total.